The van der Waals surface area contributed by atoms with E-state index >= 15 is 4.39 Å². The van der Waals surface area contributed by atoms with E-state index in [2.05, 4.69) is 0 Å². The zero-order valence-electron chi connectivity index (χ0n) is 20.9. The average molecular weight is 528 g/mol. The number of hydrogen-bond donors (Lipinski definition) is 2. The Bertz CT molecular complexity index is 2180. The van der Waals surface area contributed by atoms with Crippen LogP contribution in [0.3, 0.4) is 0 Å². The molecule has 0 fully saturated rings. The number of hydrogen-bond acceptors (Lipinski definition) is 7. The molecule has 0 aliphatic heterocycles. The quantitative estimate of drug-likeness (QED) is 0.256. The van der Waals surface area contributed by atoms with Crippen molar-refractivity contribution in [2.24, 2.45) is 5.73 Å². The van der Waals surface area contributed by atoms with Crippen LogP contribution in [0, 0.1) is 5.82 Å². The van der Waals surface area contributed by atoms with Gasteiger partial charge in [-0.05, 0) is 32.0 Å². The van der Waals surface area contributed by atoms with Gasteiger partial charge in [-0.2, -0.15) is 0 Å². The number of nitrogens with zero attached hydrogens (tertiary/aromatic N) is 2. The molecule has 0 radical (unpaired) electrons. The summed E-state index contributed by atoms with van der Waals surface area (Å²) in [5, 5.41) is 10.3. The summed E-state index contributed by atoms with van der Waals surface area (Å²) < 4.78 is 23.3. The Balaban J connectivity index is 1.89. The number of aromatic nitrogens is 1. The Morgan fingerprint density at radius 1 is 1.03 bits per heavy atom. The van der Waals surface area contributed by atoms with E-state index in [1.807, 2.05) is 6.92 Å². The number of likely N-dealkylation sites (N-methyl/N-ethyl adjacent to an activating group) is 1. The summed E-state index contributed by atoms with van der Waals surface area (Å²) >= 11 is 0. The first-order chi connectivity index (χ1) is 18.6. The molecule has 0 aliphatic rings. The Morgan fingerprint density at radius 3 is 2.26 bits per heavy atom. The fraction of sp³-hybridized carbons (Fsp3) is 0.172. The highest BCUT2D eigenvalue weighted by Gasteiger charge is 2.26. The maximum atomic E-state index is 15.7. The standard InChI is InChI=1S/C29H22FN3O6/c1-3-32(11-13(2)31)24-20(30)8-18-23-28(24)39-22-10-17-16(25(34)14-6-4-5-7-15(14)26(17)35)9-21(22)33(23)12-19(27(18)36)29(37)38/h4-10,12-13H,3,11,31H2,1-2H3,(H,37,38). The summed E-state index contributed by atoms with van der Waals surface area (Å²) in [6.45, 7) is 4.21. The molecule has 39 heavy (non-hydrogen) atoms. The summed E-state index contributed by atoms with van der Waals surface area (Å²) in [6.07, 6.45) is 1.14. The van der Waals surface area contributed by atoms with E-state index in [4.69, 9.17) is 10.2 Å². The second-order valence-electron chi connectivity index (χ2n) is 9.67. The SMILES string of the molecule is CCN(CC(C)N)c1c(F)cc2c(=O)c(C(=O)O)cn3c4cc5c(=O)c6ccccc6c(=O)c5cc4oc1c23. The number of carbonyl (C=O) groups is 1. The van der Waals surface area contributed by atoms with Crippen LogP contribution < -0.4 is 26.9 Å². The number of carboxylic acids is 1. The molecule has 1 unspecified atom stereocenters. The van der Waals surface area contributed by atoms with E-state index < -0.39 is 22.8 Å². The monoisotopic (exact) mass is 527 g/mol. The van der Waals surface area contributed by atoms with Crippen molar-refractivity contribution >= 4 is 60.8 Å². The van der Waals surface area contributed by atoms with Gasteiger partial charge in [0.25, 0.3) is 0 Å². The molecule has 4 aromatic carbocycles. The molecule has 0 spiro atoms. The highest BCUT2D eigenvalue weighted by molar-refractivity contribution is 6.08. The first-order valence-corrected chi connectivity index (χ1v) is 12.3. The van der Waals surface area contributed by atoms with Crippen molar-refractivity contribution in [1.29, 1.82) is 0 Å². The predicted octanol–water partition coefficient (Wildman–Crippen LogP) is 3.67. The van der Waals surface area contributed by atoms with Crippen LogP contribution in [0.15, 0.2) is 67.5 Å². The molecule has 0 amide bonds. The molecule has 9 nitrogen and oxygen atoms in total. The first kappa shape index (κ1) is 24.5. The number of rotatable bonds is 5. The molecule has 196 valence electrons. The summed E-state index contributed by atoms with van der Waals surface area (Å²) in [5.74, 6) is -2.28. The Labute approximate surface area is 218 Å². The number of anilines is 1. The lowest BCUT2D eigenvalue weighted by molar-refractivity contribution is 0.0695. The molecule has 6 rings (SSSR count). The van der Waals surface area contributed by atoms with Crippen LogP contribution >= 0.6 is 0 Å². The summed E-state index contributed by atoms with van der Waals surface area (Å²) in [5.41, 5.74) is 4.33. The molecule has 0 saturated heterocycles. The largest absolute Gasteiger partial charge is 0.477 e. The van der Waals surface area contributed by atoms with Crippen molar-refractivity contribution < 1.29 is 18.7 Å². The lowest BCUT2D eigenvalue weighted by Crippen LogP contribution is -2.36. The summed E-state index contributed by atoms with van der Waals surface area (Å²) in [7, 11) is 0. The Kier molecular flexibility index (Phi) is 5.40. The van der Waals surface area contributed by atoms with Gasteiger partial charge in [0.2, 0.25) is 5.43 Å². The molecule has 2 aromatic heterocycles. The van der Waals surface area contributed by atoms with E-state index in [0.29, 0.717) is 6.54 Å². The molecule has 6 aromatic rings. The second-order valence-corrected chi connectivity index (χ2v) is 9.67. The number of halogens is 1. The van der Waals surface area contributed by atoms with Crippen molar-refractivity contribution in [2.75, 3.05) is 18.0 Å². The molecule has 3 N–H and O–H groups in total. The zero-order chi connectivity index (χ0) is 27.7. The van der Waals surface area contributed by atoms with E-state index in [0.717, 1.165) is 12.3 Å². The molecule has 1 atom stereocenters. The van der Waals surface area contributed by atoms with Crippen molar-refractivity contribution in [3.63, 3.8) is 0 Å². The van der Waals surface area contributed by atoms with Gasteiger partial charge in [-0.15, -0.1) is 0 Å². The number of fused-ring (bicyclic) bond motifs is 4. The van der Waals surface area contributed by atoms with E-state index in [9.17, 15) is 24.3 Å². The van der Waals surface area contributed by atoms with Crippen LogP contribution in [0.4, 0.5) is 10.1 Å². The topological polar surface area (TPSA) is 135 Å². The number of benzene rings is 4. The molecule has 10 heteroatoms. The fourth-order valence-electron chi connectivity index (χ4n) is 5.37. The second kappa shape index (κ2) is 8.60. The fourth-order valence-corrected chi connectivity index (χ4v) is 5.37. The third-order valence-corrected chi connectivity index (χ3v) is 7.08. The van der Waals surface area contributed by atoms with Crippen LogP contribution in [0.1, 0.15) is 24.2 Å². The normalized spacial score (nSPS) is 12.7. The lowest BCUT2D eigenvalue weighted by Gasteiger charge is -2.27. The van der Waals surface area contributed by atoms with Gasteiger partial charge in [-0.1, -0.05) is 24.3 Å². The maximum absolute atomic E-state index is 15.7. The van der Waals surface area contributed by atoms with Crippen LogP contribution in [-0.4, -0.2) is 34.6 Å². The molecule has 0 bridgehead atoms. The van der Waals surface area contributed by atoms with Gasteiger partial charge in [0.1, 0.15) is 16.8 Å². The summed E-state index contributed by atoms with van der Waals surface area (Å²) in [4.78, 5) is 53.5. The van der Waals surface area contributed by atoms with Crippen molar-refractivity contribution in [3.05, 3.63) is 90.7 Å². The first-order valence-electron chi connectivity index (χ1n) is 12.3. The number of aromatic carboxylic acids is 1. The van der Waals surface area contributed by atoms with Gasteiger partial charge in [0, 0.05) is 46.9 Å². The smallest absolute Gasteiger partial charge is 0.341 e. The highest BCUT2D eigenvalue weighted by Crippen LogP contribution is 2.36. The van der Waals surface area contributed by atoms with Crippen molar-refractivity contribution in [3.8, 4) is 0 Å². The molecule has 0 aliphatic carbocycles. The van der Waals surface area contributed by atoms with Gasteiger partial charge >= 0.3 is 5.97 Å². The molecule has 2 heterocycles. The Morgan fingerprint density at radius 2 is 1.67 bits per heavy atom. The van der Waals surface area contributed by atoms with Gasteiger partial charge in [-0.3, -0.25) is 14.4 Å². The van der Waals surface area contributed by atoms with Crippen molar-refractivity contribution in [2.45, 2.75) is 19.9 Å². The lowest BCUT2D eigenvalue weighted by atomic mass is 10.0. The number of carboxylic acid groups (broad SMARTS) is 1. The molecular weight excluding hydrogens is 505 g/mol. The third kappa shape index (κ3) is 3.48. The minimum absolute atomic E-state index is 0.0102. The van der Waals surface area contributed by atoms with Crippen LogP contribution in [-0.2, 0) is 0 Å². The van der Waals surface area contributed by atoms with Gasteiger partial charge in [0.15, 0.2) is 27.8 Å². The maximum Gasteiger partial charge on any atom is 0.341 e. The third-order valence-electron chi connectivity index (χ3n) is 7.08. The Hall–Kier alpha value is -4.83. The minimum Gasteiger partial charge on any atom is -0.477 e. The predicted molar refractivity (Wildman–Crippen MR) is 148 cm³/mol. The van der Waals surface area contributed by atoms with Crippen molar-refractivity contribution in [1.82, 2.24) is 4.40 Å². The van der Waals surface area contributed by atoms with E-state index in [-0.39, 0.29) is 78.3 Å². The molecular formula is C29H22FN3O6. The van der Waals surface area contributed by atoms with Gasteiger partial charge in [-0.25, -0.2) is 9.18 Å². The van der Waals surface area contributed by atoms with Crippen LogP contribution in [0.5, 0.6) is 0 Å². The van der Waals surface area contributed by atoms with Crippen LogP contribution in [0.25, 0.3) is 49.1 Å². The highest BCUT2D eigenvalue weighted by atomic mass is 19.1. The minimum atomic E-state index is -1.49. The van der Waals surface area contributed by atoms with Crippen LogP contribution in [0.2, 0.25) is 0 Å². The van der Waals surface area contributed by atoms with Gasteiger partial charge < -0.3 is 24.6 Å². The number of nitrogens with two attached hydrogens (primary N) is 1. The zero-order valence-corrected chi connectivity index (χ0v) is 20.9. The number of pyridine rings is 1. The average Bonchev–Trinajstić information content (AvgIpc) is 2.91. The van der Waals surface area contributed by atoms with Gasteiger partial charge in [0.05, 0.1) is 10.9 Å². The van der Waals surface area contributed by atoms with E-state index in [1.54, 1.807) is 36.1 Å². The molecule has 0 saturated carbocycles. The van der Waals surface area contributed by atoms with E-state index in [1.165, 1.54) is 16.5 Å². The summed E-state index contributed by atoms with van der Waals surface area (Å²) in [6, 6.07) is 9.99.